The summed E-state index contributed by atoms with van der Waals surface area (Å²) >= 11 is 6.17. The molecule has 3 aromatic rings. The van der Waals surface area contributed by atoms with Crippen LogP contribution in [0.25, 0.3) is 0 Å². The topological polar surface area (TPSA) is 141 Å². The van der Waals surface area contributed by atoms with Crippen molar-refractivity contribution in [2.75, 3.05) is 10.8 Å². The number of aromatic carboxylic acids is 1. The summed E-state index contributed by atoms with van der Waals surface area (Å²) in [6.45, 7) is 0. The molecular weight excluding hydrogens is 462 g/mol. The number of fused-ring (bicyclic) bond motifs is 1. The fourth-order valence-corrected chi connectivity index (χ4v) is 4.99. The maximum absolute atomic E-state index is 13.0. The van der Waals surface area contributed by atoms with E-state index in [1.54, 1.807) is 12.1 Å². The predicted molar refractivity (Wildman–Crippen MR) is 114 cm³/mol. The van der Waals surface area contributed by atoms with Gasteiger partial charge in [0.15, 0.2) is 32.8 Å². The van der Waals surface area contributed by atoms with Gasteiger partial charge in [0.25, 0.3) is 5.91 Å². The van der Waals surface area contributed by atoms with Crippen LogP contribution in [0.2, 0.25) is 5.02 Å². The molecule has 0 aliphatic carbocycles. The zero-order chi connectivity index (χ0) is 23.2. The minimum atomic E-state index is -3.68. The maximum atomic E-state index is 13.0. The highest BCUT2D eigenvalue weighted by molar-refractivity contribution is 7.92. The molecule has 4 rings (SSSR count). The zero-order valence-corrected chi connectivity index (χ0v) is 17.6. The lowest BCUT2D eigenvalue weighted by Crippen LogP contribution is -2.30. The van der Waals surface area contributed by atoms with Crippen LogP contribution in [0.3, 0.4) is 0 Å². The number of benzene rings is 3. The van der Waals surface area contributed by atoms with Crippen molar-refractivity contribution in [3.63, 3.8) is 0 Å². The summed E-state index contributed by atoms with van der Waals surface area (Å²) in [4.78, 5) is 25.2. The van der Waals surface area contributed by atoms with E-state index in [1.165, 1.54) is 18.2 Å². The lowest BCUT2D eigenvalue weighted by Gasteiger charge is -2.17. The molecule has 0 aromatic heterocycles. The molecule has 1 heterocycles. The number of carboxylic acids is 1. The summed E-state index contributed by atoms with van der Waals surface area (Å²) in [6, 6.07) is 11.6. The number of carboxylic acid groups (broad SMARTS) is 1. The van der Waals surface area contributed by atoms with Crippen molar-refractivity contribution in [2.24, 2.45) is 0 Å². The fraction of sp³-hybridized carbons (Fsp3) is 0.0476. The van der Waals surface area contributed by atoms with Gasteiger partial charge in [0, 0.05) is 5.56 Å². The van der Waals surface area contributed by atoms with Crippen molar-refractivity contribution in [1.29, 1.82) is 0 Å². The van der Waals surface area contributed by atoms with E-state index in [2.05, 4.69) is 0 Å². The molecule has 0 spiro atoms. The third kappa shape index (κ3) is 3.70. The number of carbonyl (C=O) groups is 2. The Bertz CT molecular complexity index is 1360. The maximum Gasteiger partial charge on any atom is 0.335 e. The number of hydrogen-bond donors (Lipinski definition) is 3. The van der Waals surface area contributed by atoms with Gasteiger partial charge in [-0.1, -0.05) is 23.7 Å². The number of amides is 1. The number of rotatable bonds is 4. The molecule has 11 heteroatoms. The van der Waals surface area contributed by atoms with Gasteiger partial charge in [-0.2, -0.15) is 0 Å². The quantitative estimate of drug-likeness (QED) is 0.519. The summed E-state index contributed by atoms with van der Waals surface area (Å²) in [5, 5.41) is 29.2. The first kappa shape index (κ1) is 21.5. The van der Waals surface area contributed by atoms with Crippen molar-refractivity contribution in [3.05, 3.63) is 70.7 Å². The van der Waals surface area contributed by atoms with Gasteiger partial charge in [-0.3, -0.25) is 9.69 Å². The summed E-state index contributed by atoms with van der Waals surface area (Å²) in [7, 11) is -3.68. The Morgan fingerprint density at radius 3 is 2.38 bits per heavy atom. The Balaban J connectivity index is 1.68. The Hall–Kier alpha value is -3.76. The molecule has 3 N–H and O–H groups in total. The van der Waals surface area contributed by atoms with Crippen LogP contribution in [0.1, 0.15) is 20.7 Å². The fourth-order valence-electron chi connectivity index (χ4n) is 3.22. The molecule has 0 radical (unpaired) electrons. The van der Waals surface area contributed by atoms with Crippen LogP contribution in [-0.2, 0) is 9.84 Å². The SMILES string of the molecule is O=C(O)c1ccc(O)c(Oc2c(O)cc(C(=O)N3CS(=O)(=O)c4ccccc43)cc2Cl)c1. The third-order valence-electron chi connectivity index (χ3n) is 4.73. The number of nitrogens with zero attached hydrogens (tertiary/aromatic N) is 1. The van der Waals surface area contributed by atoms with E-state index in [0.29, 0.717) is 0 Å². The smallest absolute Gasteiger partial charge is 0.335 e. The number of sulfone groups is 1. The highest BCUT2D eigenvalue weighted by Gasteiger charge is 2.36. The van der Waals surface area contributed by atoms with E-state index in [1.807, 2.05) is 0 Å². The average Bonchev–Trinajstić information content (AvgIpc) is 3.02. The molecule has 0 unspecified atom stereocenters. The number of phenolic OH excluding ortho intramolecular Hbond substituents is 2. The number of phenols is 2. The van der Waals surface area contributed by atoms with Crippen LogP contribution in [0.5, 0.6) is 23.0 Å². The van der Waals surface area contributed by atoms with Crippen molar-refractivity contribution in [3.8, 4) is 23.0 Å². The van der Waals surface area contributed by atoms with E-state index in [-0.39, 0.29) is 38.2 Å². The number of para-hydroxylation sites is 1. The number of aromatic hydroxyl groups is 2. The molecule has 0 atom stereocenters. The number of carbonyl (C=O) groups excluding carboxylic acids is 1. The highest BCUT2D eigenvalue weighted by atomic mass is 35.5. The van der Waals surface area contributed by atoms with Gasteiger partial charge in [-0.15, -0.1) is 0 Å². The highest BCUT2D eigenvalue weighted by Crippen LogP contribution is 2.42. The number of anilines is 1. The van der Waals surface area contributed by atoms with Gasteiger partial charge in [0.1, 0.15) is 5.88 Å². The van der Waals surface area contributed by atoms with Gasteiger partial charge in [-0.05, 0) is 42.5 Å². The normalized spacial score (nSPS) is 14.1. The van der Waals surface area contributed by atoms with Crippen molar-refractivity contribution < 1.29 is 38.1 Å². The molecule has 164 valence electrons. The van der Waals surface area contributed by atoms with Crippen molar-refractivity contribution in [1.82, 2.24) is 0 Å². The van der Waals surface area contributed by atoms with Crippen LogP contribution in [0.4, 0.5) is 5.69 Å². The number of halogens is 1. The van der Waals surface area contributed by atoms with Crippen LogP contribution < -0.4 is 9.64 Å². The monoisotopic (exact) mass is 475 g/mol. The molecule has 0 fully saturated rings. The van der Waals surface area contributed by atoms with Gasteiger partial charge < -0.3 is 20.1 Å². The molecule has 1 aliphatic heterocycles. The van der Waals surface area contributed by atoms with Gasteiger partial charge in [0.2, 0.25) is 0 Å². The minimum Gasteiger partial charge on any atom is -0.504 e. The summed E-state index contributed by atoms with van der Waals surface area (Å²) < 4.78 is 30.1. The second-order valence-electron chi connectivity index (χ2n) is 6.84. The molecule has 9 nitrogen and oxygen atoms in total. The predicted octanol–water partition coefficient (Wildman–Crippen LogP) is 3.63. The van der Waals surface area contributed by atoms with Crippen LogP contribution in [0, 0.1) is 0 Å². The minimum absolute atomic E-state index is 0.0254. The Morgan fingerprint density at radius 2 is 1.69 bits per heavy atom. The second kappa shape index (κ2) is 7.74. The largest absolute Gasteiger partial charge is 0.504 e. The lowest BCUT2D eigenvalue weighted by molar-refractivity contribution is 0.0696. The van der Waals surface area contributed by atoms with Gasteiger partial charge in [-0.25, -0.2) is 13.2 Å². The Kier molecular flexibility index (Phi) is 5.19. The van der Waals surface area contributed by atoms with Gasteiger partial charge >= 0.3 is 5.97 Å². The van der Waals surface area contributed by atoms with E-state index in [9.17, 15) is 28.2 Å². The third-order valence-corrected chi connectivity index (χ3v) is 6.62. The van der Waals surface area contributed by atoms with Crippen LogP contribution in [-0.4, -0.2) is 41.5 Å². The van der Waals surface area contributed by atoms with E-state index >= 15 is 0 Å². The van der Waals surface area contributed by atoms with Crippen molar-refractivity contribution in [2.45, 2.75) is 4.90 Å². The summed E-state index contributed by atoms with van der Waals surface area (Å²) in [5.41, 5.74) is -0.0618. The standard InChI is InChI=1S/C21H14ClNO8S/c22-13-7-12(20(26)23-10-32(29,30)18-4-2-1-3-14(18)23)8-16(25)19(13)31-17-9-11(21(27)28)5-6-15(17)24/h1-9,24-25H,10H2,(H,27,28). The van der Waals surface area contributed by atoms with Crippen LogP contribution >= 0.6 is 11.6 Å². The Morgan fingerprint density at radius 1 is 0.969 bits per heavy atom. The Labute approximate surface area is 186 Å². The first-order valence-corrected chi connectivity index (χ1v) is 11.0. The van der Waals surface area contributed by atoms with Crippen LogP contribution in [0.15, 0.2) is 59.5 Å². The number of hydrogen-bond acceptors (Lipinski definition) is 7. The molecular formula is C21H14ClNO8S. The molecule has 1 aliphatic rings. The average molecular weight is 476 g/mol. The molecule has 3 aromatic carbocycles. The number of ether oxygens (including phenoxy) is 1. The van der Waals surface area contributed by atoms with Gasteiger partial charge in [0.05, 0.1) is 21.2 Å². The van der Waals surface area contributed by atoms with E-state index in [4.69, 9.17) is 21.4 Å². The summed E-state index contributed by atoms with van der Waals surface area (Å²) in [5.74, 6) is -4.10. The van der Waals surface area contributed by atoms with Crippen molar-refractivity contribution >= 4 is 39.0 Å². The lowest BCUT2D eigenvalue weighted by atomic mass is 10.1. The summed E-state index contributed by atoms with van der Waals surface area (Å²) in [6.07, 6.45) is 0. The van der Waals surface area contributed by atoms with E-state index < -0.39 is 39.1 Å². The first-order valence-electron chi connectivity index (χ1n) is 8.99. The van der Waals surface area contributed by atoms with E-state index in [0.717, 1.165) is 29.2 Å². The zero-order valence-electron chi connectivity index (χ0n) is 16.0. The molecule has 1 amide bonds. The molecule has 32 heavy (non-hydrogen) atoms. The molecule has 0 saturated heterocycles. The first-order chi connectivity index (χ1) is 15.1. The molecule has 0 bridgehead atoms. The second-order valence-corrected chi connectivity index (χ2v) is 9.18. The molecule has 0 saturated carbocycles.